The zero-order chi connectivity index (χ0) is 15.6. The van der Waals surface area contributed by atoms with Gasteiger partial charge in [-0.2, -0.15) is 0 Å². The Morgan fingerprint density at radius 3 is 2.43 bits per heavy atom. The summed E-state index contributed by atoms with van der Waals surface area (Å²) < 4.78 is 0. The summed E-state index contributed by atoms with van der Waals surface area (Å²) in [5, 5.41) is 3.81. The highest BCUT2D eigenvalue weighted by molar-refractivity contribution is 7.99. The Hall–Kier alpha value is -0.920. The average molecular weight is 329 g/mol. The van der Waals surface area contributed by atoms with Crippen molar-refractivity contribution in [1.82, 2.24) is 10.2 Å². The molecule has 3 N–H and O–H groups in total. The Bertz CT molecular complexity index is 507. The van der Waals surface area contributed by atoms with Crippen LogP contribution in [0.5, 0.6) is 0 Å². The number of nitrogen functional groups attached to an aromatic ring is 1. The summed E-state index contributed by atoms with van der Waals surface area (Å²) in [6.07, 6.45) is 2.01. The number of thiophene rings is 1. The predicted molar refractivity (Wildman–Crippen MR) is 92.8 cm³/mol. The van der Waals surface area contributed by atoms with Gasteiger partial charge in [-0.1, -0.05) is 0 Å². The van der Waals surface area contributed by atoms with Gasteiger partial charge in [-0.15, -0.1) is 23.1 Å². The van der Waals surface area contributed by atoms with E-state index >= 15 is 0 Å². The molecule has 1 aliphatic heterocycles. The zero-order valence-corrected chi connectivity index (χ0v) is 14.7. The molecule has 1 fully saturated rings. The summed E-state index contributed by atoms with van der Waals surface area (Å²) in [5.41, 5.74) is 6.78. The number of amides is 1. The van der Waals surface area contributed by atoms with Gasteiger partial charge in [0.05, 0.1) is 10.6 Å². The normalized spacial score (nSPS) is 16.5. The summed E-state index contributed by atoms with van der Waals surface area (Å²) >= 11 is 3.13. The molecule has 0 aliphatic carbocycles. The molecule has 0 atom stereocenters. The van der Waals surface area contributed by atoms with Crippen LogP contribution in [0.1, 0.15) is 23.5 Å². The van der Waals surface area contributed by atoms with E-state index in [1.807, 2.05) is 6.26 Å². The monoisotopic (exact) mass is 328 g/mol. The smallest absolute Gasteiger partial charge is 0.263 e. The maximum absolute atomic E-state index is 11.9. The van der Waals surface area contributed by atoms with Gasteiger partial charge in [-0.05, 0) is 20.1 Å². The molecule has 7 heteroatoms. The second kappa shape index (κ2) is 6.89. The van der Waals surface area contributed by atoms with E-state index in [1.54, 1.807) is 18.8 Å². The van der Waals surface area contributed by atoms with Crippen molar-refractivity contribution in [2.45, 2.75) is 24.8 Å². The summed E-state index contributed by atoms with van der Waals surface area (Å²) in [4.78, 5) is 18.4. The molecule has 2 heterocycles. The Morgan fingerprint density at radius 2 is 1.95 bits per heavy atom. The van der Waals surface area contributed by atoms with E-state index in [0.29, 0.717) is 16.6 Å². The van der Waals surface area contributed by atoms with E-state index in [9.17, 15) is 4.79 Å². The van der Waals surface area contributed by atoms with Gasteiger partial charge in [0.25, 0.3) is 5.91 Å². The molecule has 1 aromatic rings. The van der Waals surface area contributed by atoms with Crippen molar-refractivity contribution in [3.8, 4) is 0 Å². The van der Waals surface area contributed by atoms with Crippen molar-refractivity contribution < 1.29 is 4.79 Å². The molecule has 0 radical (unpaired) electrons. The summed E-state index contributed by atoms with van der Waals surface area (Å²) in [6.45, 7) is 8.54. The van der Waals surface area contributed by atoms with Crippen molar-refractivity contribution in [3.63, 3.8) is 0 Å². The fraction of sp³-hybridized carbons (Fsp3) is 0.643. The molecule has 2 rings (SSSR count). The number of hydrogen-bond acceptors (Lipinski definition) is 6. The Kier molecular flexibility index (Phi) is 5.40. The average Bonchev–Trinajstić information content (AvgIpc) is 2.83. The van der Waals surface area contributed by atoms with Crippen LogP contribution in [0.15, 0.2) is 4.90 Å². The van der Waals surface area contributed by atoms with Crippen molar-refractivity contribution in [3.05, 3.63) is 4.88 Å². The fourth-order valence-electron chi connectivity index (χ4n) is 2.55. The molecular weight excluding hydrogens is 304 g/mol. The van der Waals surface area contributed by atoms with Crippen LogP contribution in [-0.4, -0.2) is 56.3 Å². The van der Waals surface area contributed by atoms with Crippen molar-refractivity contribution >= 4 is 39.7 Å². The van der Waals surface area contributed by atoms with E-state index in [2.05, 4.69) is 29.0 Å². The number of carbonyl (C=O) groups is 1. The van der Waals surface area contributed by atoms with E-state index in [1.165, 1.54) is 11.3 Å². The predicted octanol–water partition coefficient (Wildman–Crippen LogP) is 1.94. The van der Waals surface area contributed by atoms with Crippen LogP contribution in [0.25, 0.3) is 0 Å². The van der Waals surface area contributed by atoms with Gasteiger partial charge in [0.15, 0.2) is 0 Å². The highest BCUT2D eigenvalue weighted by atomic mass is 32.2. The number of hydrogen-bond donors (Lipinski definition) is 2. The molecule has 0 saturated carbocycles. The van der Waals surface area contributed by atoms with Gasteiger partial charge in [-0.25, -0.2) is 0 Å². The van der Waals surface area contributed by atoms with Crippen LogP contribution in [0.2, 0.25) is 0 Å². The number of nitrogens with two attached hydrogens (primary N) is 1. The Balaban J connectivity index is 2.22. The lowest BCUT2D eigenvalue weighted by Crippen LogP contribution is -2.48. The maximum atomic E-state index is 11.9. The van der Waals surface area contributed by atoms with Gasteiger partial charge < -0.3 is 16.0 Å². The first kappa shape index (κ1) is 16.5. The summed E-state index contributed by atoms with van der Waals surface area (Å²) in [5.74, 6) is -0.0973. The molecule has 1 amide bonds. The van der Waals surface area contributed by atoms with Gasteiger partial charge in [0, 0.05) is 39.3 Å². The number of nitrogens with zero attached hydrogens (tertiary/aromatic N) is 2. The second-order valence-electron chi connectivity index (χ2n) is 5.38. The number of piperazine rings is 1. The van der Waals surface area contributed by atoms with E-state index < -0.39 is 0 Å². The zero-order valence-electron chi connectivity index (χ0n) is 13.1. The lowest BCUT2D eigenvalue weighted by atomic mass is 10.2. The van der Waals surface area contributed by atoms with Crippen molar-refractivity contribution in [1.29, 1.82) is 0 Å². The minimum Gasteiger partial charge on any atom is -0.396 e. The molecule has 0 spiro atoms. The summed E-state index contributed by atoms with van der Waals surface area (Å²) in [7, 11) is 1.64. The second-order valence-corrected chi connectivity index (χ2v) is 7.19. The highest BCUT2D eigenvalue weighted by Gasteiger charge is 2.26. The number of carbonyl (C=O) groups excluding carboxylic acids is 1. The van der Waals surface area contributed by atoms with Crippen LogP contribution in [0, 0.1) is 0 Å². The van der Waals surface area contributed by atoms with E-state index in [0.717, 1.165) is 36.1 Å². The molecule has 0 unspecified atom stereocenters. The molecule has 5 nitrogen and oxygen atoms in total. The molecule has 1 aliphatic rings. The quantitative estimate of drug-likeness (QED) is 0.827. The Morgan fingerprint density at radius 1 is 1.33 bits per heavy atom. The van der Waals surface area contributed by atoms with Gasteiger partial charge >= 0.3 is 0 Å². The highest BCUT2D eigenvalue weighted by Crippen LogP contribution is 2.44. The van der Waals surface area contributed by atoms with Crippen LogP contribution < -0.4 is 16.0 Å². The third kappa shape index (κ3) is 3.30. The lowest BCUT2D eigenvalue weighted by molar-refractivity contribution is 0.0968. The molecule has 0 bridgehead atoms. The first-order valence-electron chi connectivity index (χ1n) is 7.16. The van der Waals surface area contributed by atoms with Gasteiger partial charge in [0.2, 0.25) is 0 Å². The van der Waals surface area contributed by atoms with E-state index in [-0.39, 0.29) is 5.91 Å². The van der Waals surface area contributed by atoms with Gasteiger partial charge in [0.1, 0.15) is 9.88 Å². The largest absolute Gasteiger partial charge is 0.396 e. The third-order valence-electron chi connectivity index (χ3n) is 3.85. The standard InChI is InChI=1S/C14H24N4OS2/c1-9(2)17-5-7-18(8-6-17)14-12(20-4)10(15)11(21-14)13(19)16-3/h9H,5-8,15H2,1-4H3,(H,16,19). The number of anilines is 2. The number of thioether (sulfide) groups is 1. The van der Waals surface area contributed by atoms with Crippen molar-refractivity contribution in [2.24, 2.45) is 0 Å². The molecule has 1 saturated heterocycles. The van der Waals surface area contributed by atoms with Crippen LogP contribution in [0.4, 0.5) is 10.7 Å². The first-order valence-corrected chi connectivity index (χ1v) is 9.21. The molecular formula is C14H24N4OS2. The van der Waals surface area contributed by atoms with Crippen LogP contribution in [0.3, 0.4) is 0 Å². The topological polar surface area (TPSA) is 61.6 Å². The molecule has 118 valence electrons. The lowest BCUT2D eigenvalue weighted by Gasteiger charge is -2.37. The fourth-order valence-corrected chi connectivity index (χ4v) is 4.73. The van der Waals surface area contributed by atoms with Gasteiger partial charge in [-0.3, -0.25) is 9.69 Å². The third-order valence-corrected chi connectivity index (χ3v) is 6.07. The van der Waals surface area contributed by atoms with Crippen molar-refractivity contribution in [2.75, 3.05) is 50.1 Å². The number of nitrogens with one attached hydrogen (secondary N) is 1. The minimum atomic E-state index is -0.0973. The number of rotatable bonds is 4. The summed E-state index contributed by atoms with van der Waals surface area (Å²) in [6, 6.07) is 0.585. The Labute approximate surface area is 134 Å². The maximum Gasteiger partial charge on any atom is 0.263 e. The molecule has 21 heavy (non-hydrogen) atoms. The first-order chi connectivity index (χ1) is 9.99. The van der Waals surface area contributed by atoms with Crippen LogP contribution in [-0.2, 0) is 0 Å². The SMILES string of the molecule is CNC(=O)c1sc(N2CCN(C(C)C)CC2)c(SC)c1N. The molecule has 0 aromatic carbocycles. The minimum absolute atomic E-state index is 0.0973. The van der Waals surface area contributed by atoms with E-state index in [4.69, 9.17) is 5.73 Å². The van der Waals surface area contributed by atoms with Crippen LogP contribution >= 0.6 is 23.1 Å². The molecule has 1 aromatic heterocycles.